The molecule has 1 amide bonds. The van der Waals surface area contributed by atoms with Crippen molar-refractivity contribution in [3.63, 3.8) is 0 Å². The Kier molecular flexibility index (Phi) is 3.98. The molecule has 0 radical (unpaired) electrons. The minimum absolute atomic E-state index is 0.182. The van der Waals surface area contributed by atoms with Crippen LogP contribution >= 0.6 is 0 Å². The van der Waals surface area contributed by atoms with Gasteiger partial charge in [-0.2, -0.15) is 13.2 Å². The molecule has 5 nitrogen and oxygen atoms in total. The molecule has 110 valence electrons. The van der Waals surface area contributed by atoms with Gasteiger partial charge in [0.2, 0.25) is 0 Å². The highest BCUT2D eigenvalue weighted by molar-refractivity contribution is 5.87. The first-order valence-electron chi connectivity index (χ1n) is 4.77. The van der Waals surface area contributed by atoms with Crippen molar-refractivity contribution in [3.05, 3.63) is 0 Å². The third-order valence-electron chi connectivity index (χ3n) is 2.35. The highest BCUT2D eigenvalue weighted by atomic mass is 19.4. The van der Waals surface area contributed by atoms with Gasteiger partial charge in [-0.3, -0.25) is 9.53 Å². The van der Waals surface area contributed by atoms with Gasteiger partial charge in [0.25, 0.3) is 0 Å². The van der Waals surface area contributed by atoms with E-state index in [-0.39, 0.29) is 4.90 Å². The quantitative estimate of drug-likeness (QED) is 0.776. The van der Waals surface area contributed by atoms with Crippen LogP contribution in [0.3, 0.4) is 0 Å². The second-order valence-electron chi connectivity index (χ2n) is 3.73. The molecule has 11 heteroatoms. The van der Waals surface area contributed by atoms with Gasteiger partial charge < -0.3 is 10.0 Å². The van der Waals surface area contributed by atoms with Crippen molar-refractivity contribution in [1.82, 2.24) is 4.90 Å². The summed E-state index contributed by atoms with van der Waals surface area (Å²) in [6, 6.07) is -2.00. The van der Waals surface area contributed by atoms with E-state index in [4.69, 9.17) is 5.11 Å². The number of hydrogen-bond donors (Lipinski definition) is 1. The number of carbonyl (C=O) groups is 2. The summed E-state index contributed by atoms with van der Waals surface area (Å²) in [7, 11) is 0. The van der Waals surface area contributed by atoms with Crippen molar-refractivity contribution in [2.75, 3.05) is 6.54 Å². The van der Waals surface area contributed by atoms with Crippen molar-refractivity contribution >= 4 is 11.9 Å². The van der Waals surface area contributed by atoms with Crippen molar-refractivity contribution in [2.45, 2.75) is 31.1 Å². The number of ether oxygens (including phenoxy) is 1. The molecule has 0 unspecified atom stereocenters. The maximum Gasteiger partial charge on any atom is 0.522 e. The highest BCUT2D eigenvalue weighted by Gasteiger charge is 2.51. The number of carbonyl (C=O) groups excluding carboxylic acids is 1. The lowest BCUT2D eigenvalue weighted by Crippen LogP contribution is -2.47. The van der Waals surface area contributed by atoms with Gasteiger partial charge in [-0.15, -0.1) is 13.2 Å². The van der Waals surface area contributed by atoms with Gasteiger partial charge in [-0.1, -0.05) is 0 Å². The van der Waals surface area contributed by atoms with E-state index in [1.807, 2.05) is 0 Å². The molecular formula is C8H7F6NO4. The number of aliphatic carboxylic acids is 1. The molecule has 0 aliphatic carbocycles. The van der Waals surface area contributed by atoms with Crippen molar-refractivity contribution in [2.24, 2.45) is 0 Å². The number of likely N-dealkylation sites (tertiary alicyclic amines) is 1. The van der Waals surface area contributed by atoms with Gasteiger partial charge >= 0.3 is 24.4 Å². The first kappa shape index (κ1) is 15.5. The van der Waals surface area contributed by atoms with Crippen LogP contribution < -0.4 is 0 Å². The van der Waals surface area contributed by atoms with Crippen LogP contribution in [0.2, 0.25) is 0 Å². The zero-order chi connectivity index (χ0) is 15.0. The minimum atomic E-state index is -5.36. The molecule has 0 aromatic rings. The number of nitrogens with zero attached hydrogens (tertiary/aromatic N) is 1. The molecule has 1 saturated heterocycles. The lowest BCUT2D eigenvalue weighted by Gasteiger charge is -2.22. The number of carboxylic acid groups (broad SMARTS) is 1. The summed E-state index contributed by atoms with van der Waals surface area (Å²) in [4.78, 5) is 21.4. The maximum absolute atomic E-state index is 12.2. The molecule has 1 heterocycles. The molecule has 19 heavy (non-hydrogen) atoms. The predicted molar refractivity (Wildman–Crippen MR) is 44.7 cm³/mol. The number of amides is 1. The topological polar surface area (TPSA) is 66.8 Å². The normalized spacial score (nSPS) is 24.6. The SMILES string of the molecule is O=C(O)[C@@H]1C[C@H](OC(F)(F)F)CN1C(=O)C(F)(F)F. The van der Waals surface area contributed by atoms with E-state index in [1.165, 1.54) is 0 Å². The molecule has 1 N–H and O–H groups in total. The van der Waals surface area contributed by atoms with Crippen molar-refractivity contribution < 1.29 is 45.8 Å². The van der Waals surface area contributed by atoms with E-state index in [0.717, 1.165) is 0 Å². The Morgan fingerprint density at radius 3 is 2.05 bits per heavy atom. The van der Waals surface area contributed by atoms with Crippen LogP contribution in [0.25, 0.3) is 0 Å². The zero-order valence-electron chi connectivity index (χ0n) is 8.96. The lowest BCUT2D eigenvalue weighted by atomic mass is 10.2. The van der Waals surface area contributed by atoms with Crippen LogP contribution in [0.1, 0.15) is 6.42 Å². The third-order valence-corrected chi connectivity index (χ3v) is 2.35. The minimum Gasteiger partial charge on any atom is -0.480 e. The Balaban J connectivity index is 2.86. The first-order valence-corrected chi connectivity index (χ1v) is 4.77. The van der Waals surface area contributed by atoms with Gasteiger partial charge in [0.05, 0.1) is 6.10 Å². The van der Waals surface area contributed by atoms with Gasteiger partial charge in [-0.05, 0) is 0 Å². The monoisotopic (exact) mass is 295 g/mol. The lowest BCUT2D eigenvalue weighted by molar-refractivity contribution is -0.340. The van der Waals surface area contributed by atoms with Gasteiger partial charge in [-0.25, -0.2) is 4.79 Å². The Bertz CT molecular complexity index is 378. The van der Waals surface area contributed by atoms with Crippen LogP contribution in [-0.4, -0.2) is 53.1 Å². The number of halogens is 6. The largest absolute Gasteiger partial charge is 0.522 e. The van der Waals surface area contributed by atoms with Gasteiger partial charge in [0.1, 0.15) is 6.04 Å². The standard InChI is InChI=1S/C8H7F6NO4/c9-7(10,11)6(18)15-2-3(19-8(12,13)14)1-4(15)5(16)17/h3-4H,1-2H2,(H,16,17)/t3-,4-/m0/s1. The Morgan fingerprint density at radius 1 is 1.16 bits per heavy atom. The fourth-order valence-electron chi connectivity index (χ4n) is 1.69. The van der Waals surface area contributed by atoms with Crippen LogP contribution in [0.4, 0.5) is 26.3 Å². The summed E-state index contributed by atoms with van der Waals surface area (Å²) in [5, 5.41) is 8.62. The molecule has 0 aromatic heterocycles. The van der Waals surface area contributed by atoms with Gasteiger partial charge in [0, 0.05) is 13.0 Å². The smallest absolute Gasteiger partial charge is 0.480 e. The fraction of sp³-hybridized carbons (Fsp3) is 0.750. The summed E-state index contributed by atoms with van der Waals surface area (Å²) in [6.45, 7) is -1.09. The number of alkyl halides is 6. The fourth-order valence-corrected chi connectivity index (χ4v) is 1.69. The van der Waals surface area contributed by atoms with Crippen molar-refractivity contribution in [1.29, 1.82) is 0 Å². The van der Waals surface area contributed by atoms with Crippen LogP contribution in [0.15, 0.2) is 0 Å². The third kappa shape index (κ3) is 3.98. The van der Waals surface area contributed by atoms with Gasteiger partial charge in [0.15, 0.2) is 0 Å². The number of hydrogen-bond acceptors (Lipinski definition) is 3. The van der Waals surface area contributed by atoms with Crippen molar-refractivity contribution in [3.8, 4) is 0 Å². The Labute approximate surface area is 101 Å². The summed E-state index contributed by atoms with van der Waals surface area (Å²) < 4.78 is 75.6. The molecule has 2 atom stereocenters. The average molecular weight is 295 g/mol. The Hall–Kier alpha value is -1.52. The summed E-state index contributed by atoms with van der Waals surface area (Å²) in [6.07, 6.45) is -13.2. The van der Waals surface area contributed by atoms with E-state index in [0.29, 0.717) is 0 Å². The van der Waals surface area contributed by atoms with E-state index < -0.39 is 49.5 Å². The maximum atomic E-state index is 12.2. The second kappa shape index (κ2) is 4.87. The van der Waals surface area contributed by atoms with E-state index in [2.05, 4.69) is 4.74 Å². The number of carboxylic acids is 1. The molecule has 1 aliphatic heterocycles. The van der Waals surface area contributed by atoms with E-state index >= 15 is 0 Å². The highest BCUT2D eigenvalue weighted by Crippen LogP contribution is 2.30. The van der Waals surface area contributed by atoms with Crippen LogP contribution in [0.5, 0.6) is 0 Å². The second-order valence-corrected chi connectivity index (χ2v) is 3.73. The molecule has 0 saturated carbocycles. The first-order chi connectivity index (χ1) is 8.42. The molecule has 0 spiro atoms. The van der Waals surface area contributed by atoms with Crippen LogP contribution in [0, 0.1) is 0 Å². The molecule has 1 aliphatic rings. The summed E-state index contributed by atoms with van der Waals surface area (Å²) in [5.41, 5.74) is 0. The molecule has 0 aromatic carbocycles. The number of rotatable bonds is 2. The molecule has 1 rings (SSSR count). The predicted octanol–water partition coefficient (Wildman–Crippen LogP) is 1.14. The van der Waals surface area contributed by atoms with E-state index in [9.17, 15) is 35.9 Å². The molecule has 0 bridgehead atoms. The van der Waals surface area contributed by atoms with Crippen LogP contribution in [-0.2, 0) is 14.3 Å². The Morgan fingerprint density at radius 2 is 1.68 bits per heavy atom. The zero-order valence-corrected chi connectivity index (χ0v) is 8.96. The van der Waals surface area contributed by atoms with E-state index in [1.54, 1.807) is 0 Å². The average Bonchev–Trinajstić information content (AvgIpc) is 2.56. The summed E-state index contributed by atoms with van der Waals surface area (Å²) >= 11 is 0. The molecular weight excluding hydrogens is 288 g/mol. The summed E-state index contributed by atoms with van der Waals surface area (Å²) in [5.74, 6) is -4.33. The molecule has 1 fully saturated rings.